The molecule has 1 atom stereocenters. The number of carboxylic acid groups (broad SMARTS) is 1. The van der Waals surface area contributed by atoms with Gasteiger partial charge in [-0.25, -0.2) is 4.79 Å². The van der Waals surface area contributed by atoms with Gasteiger partial charge in [0.1, 0.15) is 0 Å². The maximum Gasteiger partial charge on any atom is 0.394 e. The van der Waals surface area contributed by atoms with Gasteiger partial charge in [0.05, 0.1) is 0 Å². The van der Waals surface area contributed by atoms with Crippen LogP contribution in [0, 0.1) is 11.3 Å². The summed E-state index contributed by atoms with van der Waals surface area (Å²) < 4.78 is 0. The minimum absolute atomic E-state index is 0.238. The lowest BCUT2D eigenvalue weighted by Gasteiger charge is -2.29. The fourth-order valence-electron chi connectivity index (χ4n) is 2.30. The third kappa shape index (κ3) is 3.22. The number of hydrogen-bond donors (Lipinski definition) is 1. The van der Waals surface area contributed by atoms with Gasteiger partial charge in [0.15, 0.2) is 0 Å². The van der Waals surface area contributed by atoms with Crippen LogP contribution in [-0.2, 0) is 9.59 Å². The molecule has 0 aromatic rings. The van der Waals surface area contributed by atoms with E-state index in [0.717, 1.165) is 19.3 Å². The molecule has 0 aromatic heterocycles. The molecule has 1 amide bonds. The van der Waals surface area contributed by atoms with Crippen molar-refractivity contribution in [3.05, 3.63) is 0 Å². The van der Waals surface area contributed by atoms with Crippen molar-refractivity contribution in [3.63, 3.8) is 0 Å². The monoisotopic (exact) mass is 227 g/mol. The first-order chi connectivity index (χ1) is 7.32. The summed E-state index contributed by atoms with van der Waals surface area (Å²) in [6, 6.07) is 0. The summed E-state index contributed by atoms with van der Waals surface area (Å²) in [5.41, 5.74) is 0.238. The van der Waals surface area contributed by atoms with E-state index in [1.54, 1.807) is 0 Å². The molecule has 0 spiro atoms. The number of aliphatic carboxylic acids is 1. The van der Waals surface area contributed by atoms with Crippen LogP contribution < -0.4 is 0 Å². The van der Waals surface area contributed by atoms with Crippen LogP contribution in [0.5, 0.6) is 0 Å². The Morgan fingerprint density at radius 3 is 2.31 bits per heavy atom. The number of amides is 1. The number of nitrogens with zero attached hydrogens (tertiary/aromatic N) is 1. The molecule has 1 heterocycles. The molecule has 0 saturated carbocycles. The van der Waals surface area contributed by atoms with Gasteiger partial charge in [-0.15, -0.1) is 0 Å². The van der Waals surface area contributed by atoms with Crippen molar-refractivity contribution in [2.24, 2.45) is 11.3 Å². The maximum absolute atomic E-state index is 11.3. The molecule has 4 heteroatoms. The SMILES string of the molecule is CC(C)(C)C1CCCN(C(=O)C(=O)O)CC1. The summed E-state index contributed by atoms with van der Waals surface area (Å²) >= 11 is 0. The molecule has 4 nitrogen and oxygen atoms in total. The van der Waals surface area contributed by atoms with Crippen LogP contribution in [-0.4, -0.2) is 35.0 Å². The van der Waals surface area contributed by atoms with Crippen molar-refractivity contribution in [1.82, 2.24) is 4.90 Å². The highest BCUT2D eigenvalue weighted by Crippen LogP contribution is 2.34. The Hall–Kier alpha value is -1.06. The van der Waals surface area contributed by atoms with E-state index in [-0.39, 0.29) is 5.41 Å². The van der Waals surface area contributed by atoms with E-state index in [1.165, 1.54) is 4.90 Å². The standard InChI is InChI=1S/C12H21NO3/c1-12(2,3)9-5-4-7-13(8-6-9)10(14)11(15)16/h9H,4-8H2,1-3H3,(H,15,16). The zero-order chi connectivity index (χ0) is 12.3. The summed E-state index contributed by atoms with van der Waals surface area (Å²) in [7, 11) is 0. The third-order valence-corrected chi connectivity index (χ3v) is 3.42. The zero-order valence-corrected chi connectivity index (χ0v) is 10.3. The van der Waals surface area contributed by atoms with Crippen LogP contribution in [0.15, 0.2) is 0 Å². The van der Waals surface area contributed by atoms with Gasteiger partial charge in [-0.1, -0.05) is 20.8 Å². The number of rotatable bonds is 0. The van der Waals surface area contributed by atoms with E-state index in [1.807, 2.05) is 0 Å². The Kier molecular flexibility index (Phi) is 3.94. The third-order valence-electron chi connectivity index (χ3n) is 3.42. The van der Waals surface area contributed by atoms with Crippen LogP contribution in [0.4, 0.5) is 0 Å². The Balaban J connectivity index is 2.59. The van der Waals surface area contributed by atoms with Gasteiger partial charge in [0.2, 0.25) is 0 Å². The molecular weight excluding hydrogens is 206 g/mol. The molecule has 1 aliphatic heterocycles. The predicted octanol–water partition coefficient (Wildman–Crippen LogP) is 1.75. The van der Waals surface area contributed by atoms with E-state index in [2.05, 4.69) is 20.8 Å². The Labute approximate surface area is 96.6 Å². The number of likely N-dealkylation sites (tertiary alicyclic amines) is 1. The highest BCUT2D eigenvalue weighted by atomic mass is 16.4. The molecule has 1 saturated heterocycles. The molecular formula is C12H21NO3. The summed E-state index contributed by atoms with van der Waals surface area (Å²) in [6.07, 6.45) is 2.89. The first kappa shape index (κ1) is 13.0. The largest absolute Gasteiger partial charge is 0.474 e. The normalized spacial score (nSPS) is 22.7. The number of carbonyl (C=O) groups excluding carboxylic acids is 1. The first-order valence-electron chi connectivity index (χ1n) is 5.84. The van der Waals surface area contributed by atoms with Gasteiger partial charge < -0.3 is 10.0 Å². The summed E-state index contributed by atoms with van der Waals surface area (Å²) in [4.78, 5) is 23.4. The fraction of sp³-hybridized carbons (Fsp3) is 0.833. The zero-order valence-electron chi connectivity index (χ0n) is 10.3. The Morgan fingerprint density at radius 1 is 1.19 bits per heavy atom. The van der Waals surface area contributed by atoms with Crippen molar-refractivity contribution >= 4 is 11.9 Å². The van der Waals surface area contributed by atoms with Gasteiger partial charge in [-0.05, 0) is 30.6 Å². The second-order valence-corrected chi connectivity index (χ2v) is 5.59. The predicted molar refractivity (Wildman–Crippen MR) is 61.0 cm³/mol. The van der Waals surface area contributed by atoms with E-state index < -0.39 is 11.9 Å². The Morgan fingerprint density at radius 2 is 1.81 bits per heavy atom. The lowest BCUT2D eigenvalue weighted by atomic mass is 9.77. The van der Waals surface area contributed by atoms with E-state index in [4.69, 9.17) is 5.11 Å². The van der Waals surface area contributed by atoms with Gasteiger partial charge >= 0.3 is 11.9 Å². The molecule has 0 radical (unpaired) electrons. The average Bonchev–Trinajstić information content (AvgIpc) is 2.40. The summed E-state index contributed by atoms with van der Waals surface area (Å²) in [5.74, 6) is -1.53. The number of carbonyl (C=O) groups is 2. The molecule has 1 aliphatic rings. The molecule has 1 N–H and O–H groups in total. The van der Waals surface area contributed by atoms with Crippen molar-refractivity contribution in [2.45, 2.75) is 40.0 Å². The molecule has 1 unspecified atom stereocenters. The minimum Gasteiger partial charge on any atom is -0.474 e. The van der Waals surface area contributed by atoms with E-state index in [0.29, 0.717) is 19.0 Å². The van der Waals surface area contributed by atoms with Crippen molar-refractivity contribution in [1.29, 1.82) is 0 Å². The smallest absolute Gasteiger partial charge is 0.394 e. The number of hydrogen-bond acceptors (Lipinski definition) is 2. The van der Waals surface area contributed by atoms with Gasteiger partial charge in [-0.3, -0.25) is 4.79 Å². The van der Waals surface area contributed by atoms with E-state index >= 15 is 0 Å². The van der Waals surface area contributed by atoms with Crippen LogP contribution in [0.2, 0.25) is 0 Å². The number of carboxylic acids is 1. The van der Waals surface area contributed by atoms with Crippen LogP contribution in [0.1, 0.15) is 40.0 Å². The quantitative estimate of drug-likeness (QED) is 0.641. The van der Waals surface area contributed by atoms with Crippen LogP contribution in [0.25, 0.3) is 0 Å². The maximum atomic E-state index is 11.3. The van der Waals surface area contributed by atoms with Gasteiger partial charge in [0.25, 0.3) is 0 Å². The minimum atomic E-state index is -1.34. The second-order valence-electron chi connectivity index (χ2n) is 5.59. The van der Waals surface area contributed by atoms with Gasteiger partial charge in [0, 0.05) is 13.1 Å². The molecule has 0 aliphatic carbocycles. The highest BCUT2D eigenvalue weighted by Gasteiger charge is 2.29. The van der Waals surface area contributed by atoms with Crippen molar-refractivity contribution < 1.29 is 14.7 Å². The molecule has 0 aromatic carbocycles. The van der Waals surface area contributed by atoms with E-state index in [9.17, 15) is 9.59 Å². The molecule has 0 bridgehead atoms. The summed E-state index contributed by atoms with van der Waals surface area (Å²) in [5, 5.41) is 8.66. The van der Waals surface area contributed by atoms with Crippen molar-refractivity contribution in [2.75, 3.05) is 13.1 Å². The molecule has 1 rings (SSSR count). The molecule has 16 heavy (non-hydrogen) atoms. The Bertz CT molecular complexity index is 280. The van der Waals surface area contributed by atoms with Crippen molar-refractivity contribution in [3.8, 4) is 0 Å². The van der Waals surface area contributed by atoms with Gasteiger partial charge in [-0.2, -0.15) is 0 Å². The average molecular weight is 227 g/mol. The van der Waals surface area contributed by atoms with Crippen LogP contribution in [0.3, 0.4) is 0 Å². The first-order valence-corrected chi connectivity index (χ1v) is 5.84. The van der Waals surface area contributed by atoms with Crippen LogP contribution >= 0.6 is 0 Å². The fourth-order valence-corrected chi connectivity index (χ4v) is 2.30. The molecule has 1 fully saturated rings. The highest BCUT2D eigenvalue weighted by molar-refractivity contribution is 6.31. The summed E-state index contributed by atoms with van der Waals surface area (Å²) in [6.45, 7) is 7.76. The topological polar surface area (TPSA) is 57.6 Å². The molecule has 92 valence electrons. The lowest BCUT2D eigenvalue weighted by Crippen LogP contribution is -2.37. The second kappa shape index (κ2) is 4.85. The lowest BCUT2D eigenvalue weighted by molar-refractivity contribution is -0.155.